The summed E-state index contributed by atoms with van der Waals surface area (Å²) in [5, 5.41) is 4.16. The van der Waals surface area contributed by atoms with E-state index in [-0.39, 0.29) is 0 Å². The number of hydrogen-bond acceptors (Lipinski definition) is 3. The Morgan fingerprint density at radius 2 is 2.25 bits per heavy atom. The van der Waals surface area contributed by atoms with Crippen LogP contribution in [0, 0.1) is 0 Å². The van der Waals surface area contributed by atoms with E-state index in [0.29, 0.717) is 5.00 Å². The molecule has 0 aliphatic heterocycles. The highest BCUT2D eigenvalue weighted by molar-refractivity contribution is 7.28. The average molecular weight is 198 g/mol. The molecule has 1 aromatic heterocycles. The monoisotopic (exact) mass is 198 g/mol. The standard InChI is InChI=1S/C6H10N4SSi/c1-12(2,3)6-8-4-5(11-6)9-10-7/h4H,1-3H3. The SMILES string of the molecule is C[Si](C)(C)c1ncc(N=[N+]=[N-])s1. The van der Waals surface area contributed by atoms with Crippen LogP contribution >= 0.6 is 11.3 Å². The van der Waals surface area contributed by atoms with Gasteiger partial charge in [0, 0.05) is 11.1 Å². The van der Waals surface area contributed by atoms with E-state index in [1.807, 2.05) is 0 Å². The lowest BCUT2D eigenvalue weighted by Crippen LogP contribution is -2.36. The number of azide groups is 1. The van der Waals surface area contributed by atoms with Gasteiger partial charge in [-0.25, -0.2) is 0 Å². The normalized spacial score (nSPS) is 10.9. The van der Waals surface area contributed by atoms with Crippen molar-refractivity contribution in [1.29, 1.82) is 0 Å². The predicted molar refractivity (Wildman–Crippen MR) is 53.9 cm³/mol. The Hall–Kier alpha value is -0.843. The maximum absolute atomic E-state index is 8.18. The van der Waals surface area contributed by atoms with Gasteiger partial charge in [-0.2, -0.15) is 0 Å². The summed E-state index contributed by atoms with van der Waals surface area (Å²) < 4.78 is 1.13. The molecule has 1 heterocycles. The first-order chi connectivity index (χ1) is 5.54. The molecular formula is C6H10N4SSi. The zero-order valence-electron chi connectivity index (χ0n) is 7.27. The van der Waals surface area contributed by atoms with E-state index < -0.39 is 8.07 Å². The number of thiazole rings is 1. The fourth-order valence-corrected chi connectivity index (χ4v) is 3.18. The molecule has 0 spiro atoms. The van der Waals surface area contributed by atoms with Crippen LogP contribution in [0.25, 0.3) is 10.4 Å². The molecule has 0 aromatic carbocycles. The van der Waals surface area contributed by atoms with Gasteiger partial charge in [0.2, 0.25) is 0 Å². The zero-order valence-corrected chi connectivity index (χ0v) is 9.09. The predicted octanol–water partition coefficient (Wildman–Crippen LogP) is 2.63. The molecular weight excluding hydrogens is 188 g/mol. The van der Waals surface area contributed by atoms with Gasteiger partial charge in [-0.1, -0.05) is 19.6 Å². The third kappa shape index (κ3) is 2.07. The molecule has 0 N–H and O–H groups in total. The molecule has 12 heavy (non-hydrogen) atoms. The lowest BCUT2D eigenvalue weighted by molar-refractivity contribution is 1.41. The minimum atomic E-state index is -1.32. The van der Waals surface area contributed by atoms with Crippen molar-refractivity contribution >= 4 is 29.0 Å². The molecule has 0 unspecified atom stereocenters. The molecule has 4 nitrogen and oxygen atoms in total. The van der Waals surface area contributed by atoms with Gasteiger partial charge in [-0.05, 0) is 10.6 Å². The first-order valence-corrected chi connectivity index (χ1v) is 7.87. The van der Waals surface area contributed by atoms with Crippen LogP contribution in [0.3, 0.4) is 0 Å². The fourth-order valence-electron chi connectivity index (χ4n) is 0.703. The maximum atomic E-state index is 8.18. The number of aromatic nitrogens is 1. The lowest BCUT2D eigenvalue weighted by Gasteiger charge is -2.09. The second-order valence-corrected chi connectivity index (χ2v) is 9.79. The van der Waals surface area contributed by atoms with Crippen molar-refractivity contribution in [1.82, 2.24) is 4.98 Å². The molecule has 0 saturated carbocycles. The third-order valence-corrected chi connectivity index (χ3v) is 5.53. The molecule has 0 saturated heterocycles. The number of rotatable bonds is 2. The molecule has 6 heteroatoms. The van der Waals surface area contributed by atoms with Crippen molar-refractivity contribution in [2.24, 2.45) is 5.11 Å². The number of hydrogen-bond donors (Lipinski definition) is 0. The summed E-state index contributed by atoms with van der Waals surface area (Å²) in [5.41, 5.74) is 8.18. The molecule has 0 radical (unpaired) electrons. The van der Waals surface area contributed by atoms with Gasteiger partial charge in [0.15, 0.2) is 0 Å². The van der Waals surface area contributed by atoms with Gasteiger partial charge in [-0.15, -0.1) is 11.3 Å². The van der Waals surface area contributed by atoms with Gasteiger partial charge in [0.25, 0.3) is 0 Å². The molecule has 0 bridgehead atoms. The Balaban J connectivity index is 2.99. The van der Waals surface area contributed by atoms with Crippen LogP contribution in [-0.2, 0) is 0 Å². The number of nitrogens with zero attached hydrogens (tertiary/aromatic N) is 4. The largest absolute Gasteiger partial charge is 0.254 e. The van der Waals surface area contributed by atoms with Crippen LogP contribution in [0.4, 0.5) is 5.00 Å². The van der Waals surface area contributed by atoms with Gasteiger partial charge < -0.3 is 0 Å². The van der Waals surface area contributed by atoms with Gasteiger partial charge in [0.05, 0.1) is 4.63 Å². The Morgan fingerprint density at radius 3 is 2.67 bits per heavy atom. The van der Waals surface area contributed by atoms with E-state index in [9.17, 15) is 0 Å². The first kappa shape index (κ1) is 9.25. The van der Waals surface area contributed by atoms with Crippen LogP contribution in [0.2, 0.25) is 19.6 Å². The Labute approximate surface area is 75.9 Å². The Kier molecular flexibility index (Phi) is 2.51. The molecule has 0 fully saturated rings. The summed E-state index contributed by atoms with van der Waals surface area (Å²) in [5.74, 6) is 0. The summed E-state index contributed by atoms with van der Waals surface area (Å²) in [7, 11) is -1.32. The van der Waals surface area contributed by atoms with Crippen molar-refractivity contribution in [2.75, 3.05) is 0 Å². The highest BCUT2D eigenvalue weighted by atomic mass is 32.1. The average Bonchev–Trinajstić information content (AvgIpc) is 2.35. The van der Waals surface area contributed by atoms with E-state index in [0.717, 1.165) is 4.63 Å². The van der Waals surface area contributed by atoms with E-state index in [1.165, 1.54) is 11.3 Å². The summed E-state index contributed by atoms with van der Waals surface area (Å²) in [6, 6.07) is 0. The van der Waals surface area contributed by atoms with Gasteiger partial charge in [0.1, 0.15) is 13.1 Å². The van der Waals surface area contributed by atoms with Gasteiger partial charge in [-0.3, -0.25) is 4.98 Å². The molecule has 0 aliphatic carbocycles. The maximum Gasteiger partial charge on any atom is 0.114 e. The Morgan fingerprint density at radius 1 is 1.58 bits per heavy atom. The van der Waals surface area contributed by atoms with Crippen molar-refractivity contribution < 1.29 is 0 Å². The van der Waals surface area contributed by atoms with Crippen LogP contribution in [0.1, 0.15) is 0 Å². The topological polar surface area (TPSA) is 61.7 Å². The van der Waals surface area contributed by atoms with Gasteiger partial charge >= 0.3 is 0 Å². The zero-order chi connectivity index (χ0) is 9.19. The second kappa shape index (κ2) is 3.26. The summed E-state index contributed by atoms with van der Waals surface area (Å²) in [6.07, 6.45) is 1.64. The Bertz CT molecular complexity index is 321. The van der Waals surface area contributed by atoms with Crippen molar-refractivity contribution in [3.63, 3.8) is 0 Å². The highest BCUT2D eigenvalue weighted by Gasteiger charge is 2.20. The van der Waals surface area contributed by atoms with Crippen LogP contribution in [-0.4, -0.2) is 13.1 Å². The molecule has 0 atom stereocenters. The van der Waals surface area contributed by atoms with Crippen molar-refractivity contribution in [3.05, 3.63) is 16.6 Å². The molecule has 0 amide bonds. The summed E-state index contributed by atoms with van der Waals surface area (Å²) in [4.78, 5) is 6.93. The van der Waals surface area contributed by atoms with E-state index in [4.69, 9.17) is 5.53 Å². The van der Waals surface area contributed by atoms with Crippen molar-refractivity contribution in [2.45, 2.75) is 19.6 Å². The molecule has 1 aromatic rings. The highest BCUT2D eigenvalue weighted by Crippen LogP contribution is 2.18. The fraction of sp³-hybridized carbons (Fsp3) is 0.500. The van der Waals surface area contributed by atoms with E-state index >= 15 is 0 Å². The lowest BCUT2D eigenvalue weighted by atomic mass is 10.9. The third-order valence-electron chi connectivity index (χ3n) is 1.28. The van der Waals surface area contributed by atoms with Crippen molar-refractivity contribution in [3.8, 4) is 0 Å². The minimum Gasteiger partial charge on any atom is -0.254 e. The smallest absolute Gasteiger partial charge is 0.114 e. The van der Waals surface area contributed by atoms with Crippen LogP contribution in [0.5, 0.6) is 0 Å². The summed E-state index contributed by atoms with van der Waals surface area (Å²) >= 11 is 1.49. The van der Waals surface area contributed by atoms with Crippen LogP contribution in [0.15, 0.2) is 11.3 Å². The quantitative estimate of drug-likeness (QED) is 0.312. The van der Waals surface area contributed by atoms with Crippen LogP contribution < -0.4 is 4.63 Å². The minimum absolute atomic E-state index is 0.662. The molecule has 0 aliphatic rings. The first-order valence-electron chi connectivity index (χ1n) is 3.55. The second-order valence-electron chi connectivity index (χ2n) is 3.44. The van der Waals surface area contributed by atoms with E-state index in [1.54, 1.807) is 6.20 Å². The summed E-state index contributed by atoms with van der Waals surface area (Å²) in [6.45, 7) is 6.64. The van der Waals surface area contributed by atoms with E-state index in [2.05, 4.69) is 34.7 Å². The molecule has 1 rings (SSSR count). The molecule has 64 valence electrons.